The van der Waals surface area contributed by atoms with E-state index in [0.29, 0.717) is 5.69 Å². The average molecular weight is 446 g/mol. The number of carbonyl (C=O) groups excluding carboxylic acids is 3. The van der Waals surface area contributed by atoms with E-state index in [-0.39, 0.29) is 28.5 Å². The molecular formula is C20H20ClN5O5. The van der Waals surface area contributed by atoms with Crippen LogP contribution in [-0.4, -0.2) is 28.4 Å². The van der Waals surface area contributed by atoms with Crippen LogP contribution in [0.5, 0.6) is 0 Å². The maximum absolute atomic E-state index is 12.1. The normalized spacial score (nSPS) is 10.9. The predicted octanol–water partition coefficient (Wildman–Crippen LogP) is 3.27. The minimum absolute atomic E-state index is 0.0752. The van der Waals surface area contributed by atoms with Crippen LogP contribution in [-0.2, 0) is 20.8 Å². The molecule has 0 atom stereocenters. The molecule has 0 fully saturated rings. The summed E-state index contributed by atoms with van der Waals surface area (Å²) in [5.41, 5.74) is 3.67. The molecule has 11 heteroatoms. The molecule has 2 aromatic carbocycles. The lowest BCUT2D eigenvalue weighted by atomic mass is 10.1. The SMILES string of the molecule is CCc1ccc(NC(=O)C(=O)N/N=C(\C)CC(=O)Nc2cc([N+](=O)[O-])ccc2Cl)cc1. The van der Waals surface area contributed by atoms with Gasteiger partial charge in [0.25, 0.3) is 5.69 Å². The lowest BCUT2D eigenvalue weighted by Gasteiger charge is -2.07. The van der Waals surface area contributed by atoms with Crippen molar-refractivity contribution in [3.63, 3.8) is 0 Å². The first-order valence-electron chi connectivity index (χ1n) is 9.16. The highest BCUT2D eigenvalue weighted by atomic mass is 35.5. The van der Waals surface area contributed by atoms with Gasteiger partial charge in [0, 0.05) is 23.5 Å². The number of aryl methyl sites for hydroxylation is 1. The standard InChI is InChI=1S/C20H20ClN5O5/c1-3-13-4-6-14(7-5-13)22-19(28)20(29)25-24-12(2)10-18(27)23-17-11-15(26(30)31)8-9-16(17)21/h4-9,11H,3,10H2,1-2H3,(H,22,28)(H,23,27)(H,25,29)/b24-12+. The van der Waals surface area contributed by atoms with Gasteiger partial charge in [0.15, 0.2) is 0 Å². The van der Waals surface area contributed by atoms with E-state index in [1.165, 1.54) is 19.1 Å². The van der Waals surface area contributed by atoms with Crippen molar-refractivity contribution in [2.45, 2.75) is 26.7 Å². The molecule has 0 aromatic heterocycles. The fourth-order valence-electron chi connectivity index (χ4n) is 2.40. The summed E-state index contributed by atoms with van der Waals surface area (Å²) in [7, 11) is 0. The molecular weight excluding hydrogens is 426 g/mol. The molecule has 2 aromatic rings. The molecule has 0 spiro atoms. The number of hydrazone groups is 1. The van der Waals surface area contributed by atoms with E-state index in [0.717, 1.165) is 18.1 Å². The number of halogens is 1. The Kier molecular flexibility index (Phi) is 8.21. The monoisotopic (exact) mass is 445 g/mol. The molecule has 0 aliphatic carbocycles. The van der Waals surface area contributed by atoms with E-state index in [1.54, 1.807) is 12.1 Å². The number of hydrogen-bond donors (Lipinski definition) is 3. The molecule has 0 radical (unpaired) electrons. The number of benzene rings is 2. The number of rotatable bonds is 7. The van der Waals surface area contributed by atoms with Gasteiger partial charge in [-0.1, -0.05) is 30.7 Å². The molecule has 0 heterocycles. The number of nitro groups is 1. The van der Waals surface area contributed by atoms with Crippen molar-refractivity contribution in [2.24, 2.45) is 5.10 Å². The summed E-state index contributed by atoms with van der Waals surface area (Å²) in [5.74, 6) is -2.46. The molecule has 10 nitrogen and oxygen atoms in total. The third-order valence-electron chi connectivity index (χ3n) is 4.03. The molecule has 3 N–H and O–H groups in total. The molecule has 3 amide bonds. The van der Waals surface area contributed by atoms with Crippen LogP contribution in [0.4, 0.5) is 17.1 Å². The molecule has 0 aliphatic rings. The fraction of sp³-hybridized carbons (Fsp3) is 0.200. The van der Waals surface area contributed by atoms with Crippen LogP contribution in [0.15, 0.2) is 47.6 Å². The summed E-state index contributed by atoms with van der Waals surface area (Å²) >= 11 is 5.93. The highest BCUT2D eigenvalue weighted by molar-refractivity contribution is 6.39. The molecule has 2 rings (SSSR count). The minimum Gasteiger partial charge on any atom is -0.324 e. The Balaban J connectivity index is 1.89. The molecule has 0 unspecified atom stereocenters. The first-order chi connectivity index (χ1) is 14.7. The molecule has 0 saturated carbocycles. The number of carbonyl (C=O) groups is 3. The first kappa shape index (κ1) is 23.5. The maximum Gasteiger partial charge on any atom is 0.329 e. The quantitative estimate of drug-likeness (QED) is 0.259. The number of amides is 3. The van der Waals surface area contributed by atoms with Crippen LogP contribution in [0.1, 0.15) is 25.8 Å². The van der Waals surface area contributed by atoms with Crippen LogP contribution in [0.25, 0.3) is 0 Å². The second-order valence-corrected chi connectivity index (χ2v) is 6.85. The van der Waals surface area contributed by atoms with Crippen LogP contribution in [0.2, 0.25) is 5.02 Å². The second-order valence-electron chi connectivity index (χ2n) is 6.44. The first-order valence-corrected chi connectivity index (χ1v) is 9.54. The van der Waals surface area contributed by atoms with Crippen LogP contribution in [0.3, 0.4) is 0 Å². The number of nitrogens with one attached hydrogen (secondary N) is 3. The Labute approximate surface area is 182 Å². The summed E-state index contributed by atoms with van der Waals surface area (Å²) in [4.78, 5) is 46.1. The Bertz CT molecular complexity index is 1040. The van der Waals surface area contributed by atoms with Crippen molar-refractivity contribution in [3.8, 4) is 0 Å². The van der Waals surface area contributed by atoms with E-state index in [4.69, 9.17) is 11.6 Å². The Morgan fingerprint density at radius 1 is 1.06 bits per heavy atom. The van der Waals surface area contributed by atoms with E-state index in [9.17, 15) is 24.5 Å². The zero-order valence-electron chi connectivity index (χ0n) is 16.8. The van der Waals surface area contributed by atoms with Gasteiger partial charge in [-0.3, -0.25) is 24.5 Å². The summed E-state index contributed by atoms with van der Waals surface area (Å²) in [5, 5.41) is 19.6. The molecule has 0 saturated heterocycles. The van der Waals surface area contributed by atoms with E-state index in [2.05, 4.69) is 21.2 Å². The van der Waals surface area contributed by atoms with Gasteiger partial charge in [-0.15, -0.1) is 0 Å². The maximum atomic E-state index is 12.1. The van der Waals surface area contributed by atoms with E-state index < -0.39 is 22.6 Å². The zero-order chi connectivity index (χ0) is 23.0. The second kappa shape index (κ2) is 10.8. The van der Waals surface area contributed by atoms with Crippen LogP contribution >= 0.6 is 11.6 Å². The average Bonchev–Trinajstić information content (AvgIpc) is 2.73. The third kappa shape index (κ3) is 7.19. The van der Waals surface area contributed by atoms with Crippen molar-refractivity contribution >= 4 is 52.1 Å². The fourth-order valence-corrected chi connectivity index (χ4v) is 2.56. The zero-order valence-corrected chi connectivity index (χ0v) is 17.5. The largest absolute Gasteiger partial charge is 0.329 e. The molecule has 162 valence electrons. The Morgan fingerprint density at radius 2 is 1.74 bits per heavy atom. The van der Waals surface area contributed by atoms with Crippen molar-refractivity contribution in [1.82, 2.24) is 5.43 Å². The van der Waals surface area contributed by atoms with Crippen molar-refractivity contribution < 1.29 is 19.3 Å². The van der Waals surface area contributed by atoms with Crippen LogP contribution in [0, 0.1) is 10.1 Å². The van der Waals surface area contributed by atoms with Gasteiger partial charge in [0.05, 0.1) is 22.1 Å². The molecule has 31 heavy (non-hydrogen) atoms. The predicted molar refractivity (Wildman–Crippen MR) is 117 cm³/mol. The number of anilines is 2. The highest BCUT2D eigenvalue weighted by Gasteiger charge is 2.15. The van der Waals surface area contributed by atoms with Gasteiger partial charge >= 0.3 is 11.8 Å². The summed E-state index contributed by atoms with van der Waals surface area (Å²) < 4.78 is 0. The third-order valence-corrected chi connectivity index (χ3v) is 4.36. The lowest BCUT2D eigenvalue weighted by Crippen LogP contribution is -2.33. The number of nitrogens with zero attached hydrogens (tertiary/aromatic N) is 2. The number of nitro benzene ring substituents is 1. The van der Waals surface area contributed by atoms with Gasteiger partial charge in [-0.05, 0) is 37.1 Å². The van der Waals surface area contributed by atoms with Crippen molar-refractivity contribution in [1.29, 1.82) is 0 Å². The van der Waals surface area contributed by atoms with Gasteiger partial charge in [-0.2, -0.15) is 5.10 Å². The van der Waals surface area contributed by atoms with E-state index >= 15 is 0 Å². The Hall–Kier alpha value is -3.79. The summed E-state index contributed by atoms with van der Waals surface area (Å²) in [6.45, 7) is 3.47. The number of non-ortho nitro benzene ring substituents is 1. The summed E-state index contributed by atoms with van der Waals surface area (Å²) in [6, 6.07) is 10.7. The van der Waals surface area contributed by atoms with Gasteiger partial charge in [-0.25, -0.2) is 5.43 Å². The smallest absolute Gasteiger partial charge is 0.324 e. The highest BCUT2D eigenvalue weighted by Crippen LogP contribution is 2.26. The Morgan fingerprint density at radius 3 is 2.35 bits per heavy atom. The van der Waals surface area contributed by atoms with E-state index in [1.807, 2.05) is 19.1 Å². The topological polar surface area (TPSA) is 143 Å². The van der Waals surface area contributed by atoms with Gasteiger partial charge < -0.3 is 10.6 Å². The summed E-state index contributed by atoms with van der Waals surface area (Å²) in [6.07, 6.45) is 0.614. The minimum atomic E-state index is -0.999. The van der Waals surface area contributed by atoms with Crippen molar-refractivity contribution in [3.05, 3.63) is 63.2 Å². The van der Waals surface area contributed by atoms with Gasteiger partial charge in [0.1, 0.15) is 0 Å². The number of hydrogen-bond acceptors (Lipinski definition) is 6. The van der Waals surface area contributed by atoms with Crippen molar-refractivity contribution in [2.75, 3.05) is 10.6 Å². The lowest BCUT2D eigenvalue weighted by molar-refractivity contribution is -0.384. The molecule has 0 bridgehead atoms. The van der Waals surface area contributed by atoms with Gasteiger partial charge in [0.2, 0.25) is 5.91 Å². The molecule has 0 aliphatic heterocycles. The van der Waals surface area contributed by atoms with Crippen LogP contribution < -0.4 is 16.1 Å².